The van der Waals surface area contributed by atoms with Crippen LogP contribution in [-0.4, -0.2) is 29.6 Å². The van der Waals surface area contributed by atoms with E-state index in [0.29, 0.717) is 0 Å². The number of rotatable bonds is 5. The molecule has 1 aromatic carbocycles. The Morgan fingerprint density at radius 3 is 2.59 bits per heavy atom. The van der Waals surface area contributed by atoms with Gasteiger partial charge in [0.15, 0.2) is 0 Å². The van der Waals surface area contributed by atoms with E-state index in [0.717, 1.165) is 11.3 Å². The van der Waals surface area contributed by atoms with Crippen LogP contribution in [0.2, 0.25) is 0 Å². The fraction of sp³-hybridized carbons (Fsp3) is 0.333. The van der Waals surface area contributed by atoms with Gasteiger partial charge in [-0.3, -0.25) is 14.9 Å². The average Bonchev–Trinajstić information content (AvgIpc) is 2.29. The summed E-state index contributed by atoms with van der Waals surface area (Å²) in [5.74, 6) is -1.24. The molecular weight excluding hydrogens is 220 g/mol. The molecule has 0 spiro atoms. The monoisotopic (exact) mass is 236 g/mol. The Kier molecular flexibility index (Phi) is 4.66. The molecule has 0 fully saturated rings. The highest BCUT2D eigenvalue weighted by Crippen LogP contribution is 2.12. The summed E-state index contributed by atoms with van der Waals surface area (Å²) >= 11 is 0. The van der Waals surface area contributed by atoms with Crippen LogP contribution in [0.4, 0.5) is 5.69 Å². The summed E-state index contributed by atoms with van der Waals surface area (Å²) in [4.78, 5) is 22.1. The summed E-state index contributed by atoms with van der Waals surface area (Å²) in [6.45, 7) is 3.36. The second kappa shape index (κ2) is 6.00. The van der Waals surface area contributed by atoms with E-state index >= 15 is 0 Å². The summed E-state index contributed by atoms with van der Waals surface area (Å²) in [5, 5.41) is 14.0. The van der Waals surface area contributed by atoms with Crippen molar-refractivity contribution in [1.82, 2.24) is 5.32 Å². The van der Waals surface area contributed by atoms with E-state index in [4.69, 9.17) is 5.11 Å². The summed E-state index contributed by atoms with van der Waals surface area (Å²) in [6.07, 6.45) is 0. The zero-order chi connectivity index (χ0) is 12.8. The molecule has 5 heteroatoms. The van der Waals surface area contributed by atoms with E-state index in [1.54, 1.807) is 6.07 Å². The lowest BCUT2D eigenvalue weighted by molar-refractivity contribution is -0.139. The fourth-order valence-corrected chi connectivity index (χ4v) is 1.24. The number of amides is 1. The number of nitrogens with one attached hydrogen (secondary N) is 2. The highest BCUT2D eigenvalue weighted by Gasteiger charge is 2.11. The molecule has 0 aliphatic rings. The van der Waals surface area contributed by atoms with Gasteiger partial charge in [-0.15, -0.1) is 0 Å². The number of carboxylic acids is 1. The zero-order valence-electron chi connectivity index (χ0n) is 9.86. The quantitative estimate of drug-likeness (QED) is 0.712. The predicted molar refractivity (Wildman–Crippen MR) is 64.9 cm³/mol. The Balaban J connectivity index is 2.46. The van der Waals surface area contributed by atoms with Gasteiger partial charge in [0.1, 0.15) is 6.04 Å². The SMILES string of the molecule is Cc1ccccc1NC(=O)CNC(C)C(=O)O. The van der Waals surface area contributed by atoms with Crippen LogP contribution in [0.3, 0.4) is 0 Å². The second-order valence-corrected chi connectivity index (χ2v) is 3.80. The molecule has 1 amide bonds. The number of para-hydroxylation sites is 1. The molecule has 0 heterocycles. The largest absolute Gasteiger partial charge is 0.480 e. The van der Waals surface area contributed by atoms with Crippen LogP contribution in [0.25, 0.3) is 0 Å². The third kappa shape index (κ3) is 4.24. The molecule has 1 atom stereocenters. The lowest BCUT2D eigenvalue weighted by Crippen LogP contribution is -2.39. The Bertz CT molecular complexity index is 418. The van der Waals surface area contributed by atoms with Crippen LogP contribution in [0.15, 0.2) is 24.3 Å². The lowest BCUT2D eigenvalue weighted by Gasteiger charge is -2.10. The van der Waals surface area contributed by atoms with Crippen molar-refractivity contribution in [3.8, 4) is 0 Å². The smallest absolute Gasteiger partial charge is 0.320 e. The first kappa shape index (κ1) is 13.2. The number of carboxylic acid groups (broad SMARTS) is 1. The third-order valence-electron chi connectivity index (χ3n) is 2.36. The highest BCUT2D eigenvalue weighted by atomic mass is 16.4. The molecule has 3 N–H and O–H groups in total. The molecule has 1 rings (SSSR count). The van der Waals surface area contributed by atoms with Crippen molar-refractivity contribution < 1.29 is 14.7 Å². The maximum Gasteiger partial charge on any atom is 0.320 e. The van der Waals surface area contributed by atoms with Gasteiger partial charge in [0, 0.05) is 5.69 Å². The van der Waals surface area contributed by atoms with Crippen molar-refractivity contribution in [2.24, 2.45) is 0 Å². The number of benzene rings is 1. The van der Waals surface area contributed by atoms with Gasteiger partial charge < -0.3 is 10.4 Å². The first-order valence-corrected chi connectivity index (χ1v) is 5.32. The van der Waals surface area contributed by atoms with Crippen LogP contribution in [-0.2, 0) is 9.59 Å². The molecule has 0 saturated carbocycles. The molecule has 0 bridgehead atoms. The first-order valence-electron chi connectivity index (χ1n) is 5.32. The minimum absolute atomic E-state index is 0.0260. The zero-order valence-corrected chi connectivity index (χ0v) is 9.86. The van der Waals surface area contributed by atoms with E-state index in [2.05, 4.69) is 10.6 Å². The molecule has 0 saturated heterocycles. The molecule has 1 aromatic rings. The minimum Gasteiger partial charge on any atom is -0.480 e. The van der Waals surface area contributed by atoms with Crippen molar-refractivity contribution in [3.63, 3.8) is 0 Å². The molecule has 1 unspecified atom stereocenters. The van der Waals surface area contributed by atoms with Gasteiger partial charge in [0.05, 0.1) is 6.54 Å². The third-order valence-corrected chi connectivity index (χ3v) is 2.36. The number of hydrogen-bond donors (Lipinski definition) is 3. The van der Waals surface area contributed by atoms with Crippen molar-refractivity contribution in [3.05, 3.63) is 29.8 Å². The number of carbonyl (C=O) groups excluding carboxylic acids is 1. The maximum atomic E-state index is 11.5. The normalized spacial score (nSPS) is 11.9. The molecule has 17 heavy (non-hydrogen) atoms. The number of aliphatic carboxylic acids is 1. The number of anilines is 1. The minimum atomic E-state index is -0.978. The van der Waals surface area contributed by atoms with E-state index in [-0.39, 0.29) is 12.5 Å². The van der Waals surface area contributed by atoms with Gasteiger partial charge in [-0.2, -0.15) is 0 Å². The molecule has 92 valence electrons. The van der Waals surface area contributed by atoms with E-state index < -0.39 is 12.0 Å². The Labute approximate surface area is 99.8 Å². The Morgan fingerprint density at radius 1 is 1.35 bits per heavy atom. The van der Waals surface area contributed by atoms with Gasteiger partial charge in [-0.05, 0) is 25.5 Å². The summed E-state index contributed by atoms with van der Waals surface area (Å²) < 4.78 is 0. The molecule has 5 nitrogen and oxygen atoms in total. The van der Waals surface area contributed by atoms with Crippen molar-refractivity contribution >= 4 is 17.6 Å². The summed E-state index contributed by atoms with van der Waals surface area (Å²) in [6, 6.07) is 6.67. The number of aryl methyl sites for hydroxylation is 1. The lowest BCUT2D eigenvalue weighted by atomic mass is 10.2. The molecule has 0 radical (unpaired) electrons. The van der Waals surface area contributed by atoms with Crippen LogP contribution in [0, 0.1) is 6.92 Å². The van der Waals surface area contributed by atoms with Gasteiger partial charge >= 0.3 is 5.97 Å². The number of carbonyl (C=O) groups is 2. The maximum absolute atomic E-state index is 11.5. The first-order chi connectivity index (χ1) is 8.00. The van der Waals surface area contributed by atoms with Crippen LogP contribution >= 0.6 is 0 Å². The molecular formula is C12H16N2O3. The van der Waals surface area contributed by atoms with Gasteiger partial charge in [-0.25, -0.2) is 0 Å². The highest BCUT2D eigenvalue weighted by molar-refractivity contribution is 5.93. The van der Waals surface area contributed by atoms with Gasteiger partial charge in [0.25, 0.3) is 0 Å². The van der Waals surface area contributed by atoms with Gasteiger partial charge in [-0.1, -0.05) is 18.2 Å². The Morgan fingerprint density at radius 2 is 2.00 bits per heavy atom. The molecule has 0 aliphatic carbocycles. The summed E-state index contributed by atoms with van der Waals surface area (Å²) in [5.41, 5.74) is 1.70. The fourth-order valence-electron chi connectivity index (χ4n) is 1.24. The van der Waals surface area contributed by atoms with E-state index in [1.165, 1.54) is 6.92 Å². The van der Waals surface area contributed by atoms with E-state index in [1.807, 2.05) is 25.1 Å². The van der Waals surface area contributed by atoms with Crippen LogP contribution < -0.4 is 10.6 Å². The van der Waals surface area contributed by atoms with Crippen molar-refractivity contribution in [2.75, 3.05) is 11.9 Å². The topological polar surface area (TPSA) is 78.4 Å². The molecule has 0 aromatic heterocycles. The van der Waals surface area contributed by atoms with Crippen molar-refractivity contribution in [1.29, 1.82) is 0 Å². The van der Waals surface area contributed by atoms with Crippen molar-refractivity contribution in [2.45, 2.75) is 19.9 Å². The second-order valence-electron chi connectivity index (χ2n) is 3.80. The standard InChI is InChI=1S/C12H16N2O3/c1-8-5-3-4-6-10(8)14-11(15)7-13-9(2)12(16)17/h3-6,9,13H,7H2,1-2H3,(H,14,15)(H,16,17). The van der Waals surface area contributed by atoms with Crippen LogP contribution in [0.5, 0.6) is 0 Å². The summed E-state index contributed by atoms with van der Waals surface area (Å²) in [7, 11) is 0. The number of hydrogen-bond acceptors (Lipinski definition) is 3. The Hall–Kier alpha value is -1.88. The van der Waals surface area contributed by atoms with E-state index in [9.17, 15) is 9.59 Å². The molecule has 0 aliphatic heterocycles. The van der Waals surface area contributed by atoms with Crippen LogP contribution in [0.1, 0.15) is 12.5 Å². The average molecular weight is 236 g/mol. The van der Waals surface area contributed by atoms with Gasteiger partial charge in [0.2, 0.25) is 5.91 Å². The predicted octanol–water partition coefficient (Wildman–Crippen LogP) is 0.996.